The monoisotopic (exact) mass is 275 g/mol. The maximum absolute atomic E-state index is 6.26. The van der Waals surface area contributed by atoms with Crippen molar-refractivity contribution in [2.45, 2.75) is 6.04 Å². The number of methoxy groups -OCH3 is 3. The Kier molecular flexibility index (Phi) is 4.37. The molecule has 0 saturated carbocycles. The van der Waals surface area contributed by atoms with Gasteiger partial charge in [-0.25, -0.2) is 4.98 Å². The lowest BCUT2D eigenvalue weighted by molar-refractivity contribution is 0.381. The van der Waals surface area contributed by atoms with Crippen molar-refractivity contribution in [3.8, 4) is 17.4 Å². The zero-order chi connectivity index (χ0) is 14.5. The van der Waals surface area contributed by atoms with E-state index in [-0.39, 0.29) is 0 Å². The van der Waals surface area contributed by atoms with Crippen molar-refractivity contribution in [3.05, 3.63) is 41.9 Å². The van der Waals surface area contributed by atoms with Crippen molar-refractivity contribution in [3.63, 3.8) is 0 Å². The van der Waals surface area contributed by atoms with Gasteiger partial charge < -0.3 is 19.9 Å². The Morgan fingerprint density at radius 1 is 1.00 bits per heavy atom. The Morgan fingerprint density at radius 2 is 1.75 bits per heavy atom. The van der Waals surface area contributed by atoms with E-state index in [1.807, 2.05) is 12.1 Å². The molecule has 0 spiro atoms. The minimum Gasteiger partial charge on any atom is -0.497 e. The third-order valence-electron chi connectivity index (χ3n) is 2.95. The topological polar surface area (TPSA) is 79.5 Å². The Morgan fingerprint density at radius 3 is 2.40 bits per heavy atom. The van der Waals surface area contributed by atoms with Gasteiger partial charge in [-0.2, -0.15) is 0 Å². The molecule has 6 heteroatoms. The van der Waals surface area contributed by atoms with Crippen molar-refractivity contribution in [2.75, 3.05) is 21.3 Å². The van der Waals surface area contributed by atoms with E-state index in [9.17, 15) is 0 Å². The SMILES string of the molecule is COc1ccc(C(N)c2nccnc2OC)c(OC)c1. The minimum atomic E-state index is -0.500. The van der Waals surface area contributed by atoms with Gasteiger partial charge in [0.1, 0.15) is 17.2 Å². The van der Waals surface area contributed by atoms with Gasteiger partial charge in [0.15, 0.2) is 0 Å². The van der Waals surface area contributed by atoms with Crippen LogP contribution in [0.15, 0.2) is 30.6 Å². The summed E-state index contributed by atoms with van der Waals surface area (Å²) in [5, 5.41) is 0. The molecule has 1 unspecified atom stereocenters. The molecule has 0 aliphatic heterocycles. The summed E-state index contributed by atoms with van der Waals surface area (Å²) >= 11 is 0. The molecule has 106 valence electrons. The van der Waals surface area contributed by atoms with Gasteiger partial charge in [0.05, 0.1) is 27.4 Å². The van der Waals surface area contributed by atoms with E-state index in [1.165, 1.54) is 7.11 Å². The number of hydrogen-bond donors (Lipinski definition) is 1. The zero-order valence-corrected chi connectivity index (χ0v) is 11.7. The summed E-state index contributed by atoms with van der Waals surface area (Å²) in [7, 11) is 4.71. The highest BCUT2D eigenvalue weighted by Crippen LogP contribution is 2.33. The van der Waals surface area contributed by atoms with Gasteiger partial charge in [-0.05, 0) is 12.1 Å². The van der Waals surface area contributed by atoms with E-state index < -0.39 is 6.04 Å². The van der Waals surface area contributed by atoms with Crippen LogP contribution in [0.25, 0.3) is 0 Å². The maximum Gasteiger partial charge on any atom is 0.237 e. The van der Waals surface area contributed by atoms with Gasteiger partial charge in [0.25, 0.3) is 0 Å². The second kappa shape index (κ2) is 6.21. The Hall–Kier alpha value is -2.34. The molecule has 2 rings (SSSR count). The highest BCUT2D eigenvalue weighted by atomic mass is 16.5. The molecule has 1 aromatic heterocycles. The maximum atomic E-state index is 6.26. The van der Waals surface area contributed by atoms with Crippen LogP contribution < -0.4 is 19.9 Å². The first-order valence-corrected chi connectivity index (χ1v) is 6.03. The molecule has 0 fully saturated rings. The molecule has 1 heterocycles. The van der Waals surface area contributed by atoms with Crippen LogP contribution in [0.3, 0.4) is 0 Å². The lowest BCUT2D eigenvalue weighted by Crippen LogP contribution is -2.16. The van der Waals surface area contributed by atoms with Crippen LogP contribution in [-0.2, 0) is 0 Å². The van der Waals surface area contributed by atoms with Crippen LogP contribution in [-0.4, -0.2) is 31.3 Å². The number of nitrogens with two attached hydrogens (primary N) is 1. The van der Waals surface area contributed by atoms with Gasteiger partial charge in [-0.1, -0.05) is 0 Å². The van der Waals surface area contributed by atoms with E-state index >= 15 is 0 Å². The fraction of sp³-hybridized carbons (Fsp3) is 0.286. The number of hydrogen-bond acceptors (Lipinski definition) is 6. The van der Waals surface area contributed by atoms with Crippen molar-refractivity contribution in [1.82, 2.24) is 9.97 Å². The fourth-order valence-electron chi connectivity index (χ4n) is 1.93. The summed E-state index contributed by atoms with van der Waals surface area (Å²) in [5.41, 5.74) is 7.60. The van der Waals surface area contributed by atoms with Crippen LogP contribution >= 0.6 is 0 Å². The Balaban J connectivity index is 2.45. The second-order valence-corrected chi connectivity index (χ2v) is 4.04. The zero-order valence-electron chi connectivity index (χ0n) is 11.7. The highest BCUT2D eigenvalue weighted by Gasteiger charge is 2.20. The number of ether oxygens (including phenoxy) is 3. The van der Waals surface area contributed by atoms with Crippen molar-refractivity contribution in [2.24, 2.45) is 5.73 Å². The van der Waals surface area contributed by atoms with E-state index in [0.717, 1.165) is 5.56 Å². The van der Waals surface area contributed by atoms with Crippen molar-refractivity contribution >= 4 is 0 Å². The van der Waals surface area contributed by atoms with Crippen LogP contribution in [0.2, 0.25) is 0 Å². The molecule has 0 aliphatic carbocycles. The lowest BCUT2D eigenvalue weighted by atomic mass is 10.0. The minimum absolute atomic E-state index is 0.401. The molecule has 0 amide bonds. The summed E-state index contributed by atoms with van der Waals surface area (Å²) < 4.78 is 15.7. The standard InChI is InChI=1S/C14H17N3O3/c1-18-9-4-5-10(11(8-9)19-2)12(15)13-14(20-3)17-7-6-16-13/h4-8,12H,15H2,1-3H3. The molecule has 0 bridgehead atoms. The molecular weight excluding hydrogens is 258 g/mol. The van der Waals surface area contributed by atoms with Gasteiger partial charge in [-0.3, -0.25) is 4.98 Å². The highest BCUT2D eigenvalue weighted by molar-refractivity contribution is 5.46. The van der Waals surface area contributed by atoms with E-state index in [2.05, 4.69) is 9.97 Å². The molecule has 0 saturated heterocycles. The van der Waals surface area contributed by atoms with Crippen LogP contribution in [0.5, 0.6) is 17.4 Å². The van der Waals surface area contributed by atoms with Gasteiger partial charge >= 0.3 is 0 Å². The average molecular weight is 275 g/mol. The molecule has 2 aromatic rings. The second-order valence-electron chi connectivity index (χ2n) is 4.04. The molecule has 2 N–H and O–H groups in total. The normalized spacial score (nSPS) is 11.8. The predicted octanol–water partition coefficient (Wildman–Crippen LogP) is 1.55. The number of aromatic nitrogens is 2. The molecule has 6 nitrogen and oxygen atoms in total. The fourth-order valence-corrected chi connectivity index (χ4v) is 1.93. The van der Waals surface area contributed by atoms with Gasteiger partial charge in [0, 0.05) is 24.0 Å². The lowest BCUT2D eigenvalue weighted by Gasteiger charge is -2.17. The first-order valence-electron chi connectivity index (χ1n) is 6.03. The summed E-state index contributed by atoms with van der Waals surface area (Å²) in [6.07, 6.45) is 3.13. The number of nitrogens with zero attached hydrogens (tertiary/aromatic N) is 2. The smallest absolute Gasteiger partial charge is 0.237 e. The predicted molar refractivity (Wildman–Crippen MR) is 74.2 cm³/mol. The molecule has 1 atom stereocenters. The first-order chi connectivity index (χ1) is 9.71. The van der Waals surface area contributed by atoms with Crippen LogP contribution in [0.1, 0.15) is 17.3 Å². The van der Waals surface area contributed by atoms with Gasteiger partial charge in [-0.15, -0.1) is 0 Å². The summed E-state index contributed by atoms with van der Waals surface area (Å²) in [4.78, 5) is 8.35. The third-order valence-corrected chi connectivity index (χ3v) is 2.95. The largest absolute Gasteiger partial charge is 0.497 e. The average Bonchev–Trinajstić information content (AvgIpc) is 2.53. The van der Waals surface area contributed by atoms with Crippen LogP contribution in [0.4, 0.5) is 0 Å². The summed E-state index contributed by atoms with van der Waals surface area (Å²) in [6.45, 7) is 0. The Bertz CT molecular complexity index is 590. The van der Waals surface area contributed by atoms with E-state index in [0.29, 0.717) is 23.1 Å². The molecule has 1 aromatic carbocycles. The van der Waals surface area contributed by atoms with Crippen molar-refractivity contribution < 1.29 is 14.2 Å². The summed E-state index contributed by atoms with van der Waals surface area (Å²) in [5.74, 6) is 1.73. The first kappa shape index (κ1) is 14.1. The van der Waals surface area contributed by atoms with Crippen LogP contribution in [0, 0.1) is 0 Å². The van der Waals surface area contributed by atoms with E-state index in [4.69, 9.17) is 19.9 Å². The summed E-state index contributed by atoms with van der Waals surface area (Å²) in [6, 6.07) is 4.94. The third kappa shape index (κ3) is 2.65. The molecular formula is C14H17N3O3. The van der Waals surface area contributed by atoms with Gasteiger partial charge in [0.2, 0.25) is 5.88 Å². The number of rotatable bonds is 5. The quantitative estimate of drug-likeness (QED) is 0.891. The molecule has 20 heavy (non-hydrogen) atoms. The van der Waals surface area contributed by atoms with E-state index in [1.54, 1.807) is 32.7 Å². The molecule has 0 aliphatic rings. The number of benzene rings is 1. The Labute approximate surface area is 117 Å². The van der Waals surface area contributed by atoms with Crippen molar-refractivity contribution in [1.29, 1.82) is 0 Å². The molecule has 0 radical (unpaired) electrons.